The predicted molar refractivity (Wildman–Crippen MR) is 88.2 cm³/mol. The molecule has 112 valence electrons. The van der Waals surface area contributed by atoms with E-state index >= 15 is 0 Å². The first-order valence-electron chi connectivity index (χ1n) is 5.79. The van der Waals surface area contributed by atoms with Crippen LogP contribution in [-0.4, -0.2) is 18.4 Å². The van der Waals surface area contributed by atoms with Crippen molar-refractivity contribution in [2.75, 3.05) is 0 Å². The van der Waals surface area contributed by atoms with E-state index in [1.165, 1.54) is 29.5 Å². The Labute approximate surface area is 137 Å². The Hall–Kier alpha value is -1.06. The third-order valence-corrected chi connectivity index (χ3v) is 5.67. The van der Waals surface area contributed by atoms with Crippen LogP contribution in [0.3, 0.4) is 0 Å². The van der Waals surface area contributed by atoms with Crippen LogP contribution in [0.2, 0.25) is 5.02 Å². The summed E-state index contributed by atoms with van der Waals surface area (Å²) in [6.07, 6.45) is 0. The number of thiocarbonyl (C=S) groups is 1. The van der Waals surface area contributed by atoms with E-state index in [4.69, 9.17) is 29.6 Å². The second-order valence-corrected chi connectivity index (χ2v) is 7.74. The first kappa shape index (κ1) is 16.3. The van der Waals surface area contributed by atoms with E-state index in [1.807, 2.05) is 12.3 Å². The lowest BCUT2D eigenvalue weighted by atomic mass is 10.2. The van der Waals surface area contributed by atoms with Gasteiger partial charge in [0.05, 0.1) is 11.6 Å². The Morgan fingerprint density at radius 1 is 1.52 bits per heavy atom. The van der Waals surface area contributed by atoms with Gasteiger partial charge in [-0.2, -0.15) is 0 Å². The molecule has 0 fully saturated rings. The molecule has 0 saturated carbocycles. The second-order valence-electron chi connectivity index (χ2n) is 4.22. The summed E-state index contributed by atoms with van der Waals surface area (Å²) >= 11 is 12.2. The van der Waals surface area contributed by atoms with Crippen molar-refractivity contribution < 1.29 is 8.42 Å². The molecule has 0 radical (unpaired) electrons. The fourth-order valence-corrected chi connectivity index (χ4v) is 4.05. The van der Waals surface area contributed by atoms with Gasteiger partial charge < -0.3 is 5.73 Å². The molecular formula is C12H12ClN3O2S3. The lowest BCUT2D eigenvalue weighted by Crippen LogP contribution is -2.23. The molecule has 21 heavy (non-hydrogen) atoms. The van der Waals surface area contributed by atoms with Crippen molar-refractivity contribution in [2.24, 2.45) is 5.73 Å². The summed E-state index contributed by atoms with van der Waals surface area (Å²) in [5.41, 5.74) is 6.85. The Morgan fingerprint density at radius 2 is 2.24 bits per heavy atom. The summed E-state index contributed by atoms with van der Waals surface area (Å²) in [4.78, 5) is 4.34. The molecule has 0 aliphatic rings. The number of hydrogen-bond acceptors (Lipinski definition) is 5. The minimum Gasteiger partial charge on any atom is -0.389 e. The van der Waals surface area contributed by atoms with Gasteiger partial charge in [-0.05, 0) is 19.1 Å². The van der Waals surface area contributed by atoms with Gasteiger partial charge in [0, 0.05) is 16.6 Å². The van der Waals surface area contributed by atoms with Crippen LogP contribution in [-0.2, 0) is 16.6 Å². The standard InChI is InChI=1S/C12H12ClN3O2S3/c1-7-6-20-11(16-7)5-15-21(17,18)10-3-2-8(12(14)19)4-9(10)13/h2-4,6,15H,5H2,1H3,(H2,14,19). The molecule has 0 unspecified atom stereocenters. The number of halogens is 1. The number of benzene rings is 1. The number of thiazole rings is 1. The van der Waals surface area contributed by atoms with Crippen molar-refractivity contribution in [3.05, 3.63) is 44.9 Å². The Morgan fingerprint density at radius 3 is 2.76 bits per heavy atom. The van der Waals surface area contributed by atoms with Gasteiger partial charge in [0.15, 0.2) is 0 Å². The molecule has 0 saturated heterocycles. The first-order valence-corrected chi connectivity index (χ1v) is 8.94. The van der Waals surface area contributed by atoms with E-state index in [1.54, 1.807) is 0 Å². The minimum atomic E-state index is -3.72. The first-order chi connectivity index (χ1) is 9.79. The maximum Gasteiger partial charge on any atom is 0.242 e. The van der Waals surface area contributed by atoms with Gasteiger partial charge in [0.25, 0.3) is 0 Å². The second kappa shape index (κ2) is 6.37. The average molecular weight is 362 g/mol. The molecule has 1 aromatic heterocycles. The van der Waals surface area contributed by atoms with Gasteiger partial charge in [-0.25, -0.2) is 18.1 Å². The molecule has 5 nitrogen and oxygen atoms in total. The van der Waals surface area contributed by atoms with E-state index in [9.17, 15) is 8.42 Å². The zero-order valence-electron chi connectivity index (χ0n) is 11.0. The fraction of sp³-hybridized carbons (Fsp3) is 0.167. The van der Waals surface area contributed by atoms with Gasteiger partial charge in [0.2, 0.25) is 10.0 Å². The van der Waals surface area contributed by atoms with Crippen LogP contribution in [0.25, 0.3) is 0 Å². The molecule has 0 amide bonds. The van der Waals surface area contributed by atoms with Crippen molar-refractivity contribution in [2.45, 2.75) is 18.4 Å². The molecular weight excluding hydrogens is 350 g/mol. The minimum absolute atomic E-state index is 0.0163. The maximum absolute atomic E-state index is 12.2. The molecule has 9 heteroatoms. The normalized spacial score (nSPS) is 11.5. The summed E-state index contributed by atoms with van der Waals surface area (Å²) < 4.78 is 26.9. The summed E-state index contributed by atoms with van der Waals surface area (Å²) in [6, 6.07) is 4.34. The molecule has 0 spiro atoms. The number of nitrogens with zero attached hydrogens (tertiary/aromatic N) is 1. The highest BCUT2D eigenvalue weighted by molar-refractivity contribution is 7.89. The lowest BCUT2D eigenvalue weighted by Gasteiger charge is -2.08. The number of hydrogen-bond donors (Lipinski definition) is 2. The van der Waals surface area contributed by atoms with E-state index in [0.29, 0.717) is 10.6 Å². The van der Waals surface area contributed by atoms with Crippen LogP contribution in [0.4, 0.5) is 0 Å². The Kier molecular flexibility index (Phi) is 4.95. The van der Waals surface area contributed by atoms with Crippen LogP contribution >= 0.6 is 35.2 Å². The zero-order valence-corrected chi connectivity index (χ0v) is 14.2. The van der Waals surface area contributed by atoms with Crippen LogP contribution in [0, 0.1) is 6.92 Å². The van der Waals surface area contributed by atoms with E-state index in [2.05, 4.69) is 9.71 Å². The van der Waals surface area contributed by atoms with Crippen molar-refractivity contribution in [3.8, 4) is 0 Å². The van der Waals surface area contributed by atoms with E-state index < -0.39 is 10.0 Å². The number of nitrogens with two attached hydrogens (primary N) is 1. The molecule has 1 aromatic carbocycles. The van der Waals surface area contributed by atoms with Gasteiger partial charge in [-0.3, -0.25) is 0 Å². The summed E-state index contributed by atoms with van der Waals surface area (Å²) in [5, 5.41) is 2.61. The molecule has 0 atom stereocenters. The molecule has 0 aliphatic heterocycles. The molecule has 2 rings (SSSR count). The number of aromatic nitrogens is 1. The van der Waals surface area contributed by atoms with E-state index in [0.717, 1.165) is 5.69 Å². The van der Waals surface area contributed by atoms with Crippen LogP contribution in [0.15, 0.2) is 28.5 Å². The van der Waals surface area contributed by atoms with Gasteiger partial charge in [-0.1, -0.05) is 29.9 Å². The SMILES string of the molecule is Cc1csc(CNS(=O)(=O)c2ccc(C(N)=S)cc2Cl)n1. The molecule has 2 aromatic rings. The van der Waals surface area contributed by atoms with Crippen molar-refractivity contribution >= 4 is 50.2 Å². The monoisotopic (exact) mass is 361 g/mol. The molecule has 0 bridgehead atoms. The predicted octanol–water partition coefficient (Wildman–Crippen LogP) is 2.22. The highest BCUT2D eigenvalue weighted by atomic mass is 35.5. The number of aryl methyl sites for hydroxylation is 1. The molecule has 1 heterocycles. The third-order valence-electron chi connectivity index (χ3n) is 2.59. The van der Waals surface area contributed by atoms with Gasteiger partial charge >= 0.3 is 0 Å². The van der Waals surface area contributed by atoms with Crippen molar-refractivity contribution in [1.82, 2.24) is 9.71 Å². The average Bonchev–Trinajstić information content (AvgIpc) is 2.82. The highest BCUT2D eigenvalue weighted by Gasteiger charge is 2.18. The van der Waals surface area contributed by atoms with Crippen molar-refractivity contribution in [3.63, 3.8) is 0 Å². The van der Waals surface area contributed by atoms with Crippen LogP contribution in [0.5, 0.6) is 0 Å². The van der Waals surface area contributed by atoms with Gasteiger partial charge in [0.1, 0.15) is 14.9 Å². The van der Waals surface area contributed by atoms with E-state index in [-0.39, 0.29) is 21.5 Å². The van der Waals surface area contributed by atoms with Crippen molar-refractivity contribution in [1.29, 1.82) is 0 Å². The third kappa shape index (κ3) is 3.98. The van der Waals surface area contributed by atoms with Gasteiger partial charge in [-0.15, -0.1) is 11.3 Å². The summed E-state index contributed by atoms with van der Waals surface area (Å²) in [6.45, 7) is 1.97. The summed E-state index contributed by atoms with van der Waals surface area (Å²) in [7, 11) is -3.72. The highest BCUT2D eigenvalue weighted by Crippen LogP contribution is 2.23. The summed E-state index contributed by atoms with van der Waals surface area (Å²) in [5.74, 6) is 0. The van der Waals surface area contributed by atoms with Crippen LogP contribution < -0.4 is 10.5 Å². The largest absolute Gasteiger partial charge is 0.389 e. The maximum atomic E-state index is 12.2. The number of nitrogens with one attached hydrogen (secondary N) is 1. The topological polar surface area (TPSA) is 85.1 Å². The lowest BCUT2D eigenvalue weighted by molar-refractivity contribution is 0.581. The number of rotatable bonds is 5. The molecule has 0 aliphatic carbocycles. The molecule has 3 N–H and O–H groups in total. The fourth-order valence-electron chi connectivity index (χ4n) is 1.59. The Bertz CT molecular complexity index is 787. The van der Waals surface area contributed by atoms with Crippen LogP contribution in [0.1, 0.15) is 16.3 Å². The Balaban J connectivity index is 2.21. The number of sulfonamides is 1. The zero-order chi connectivity index (χ0) is 15.6. The quantitative estimate of drug-likeness (QED) is 0.797. The smallest absolute Gasteiger partial charge is 0.242 e.